The molecule has 0 amide bonds. The molecule has 1 aromatic heterocycles. The monoisotopic (exact) mass is 295 g/mol. The minimum Gasteiger partial charge on any atom is -0.478 e. The van der Waals surface area contributed by atoms with E-state index in [0.29, 0.717) is 5.56 Å². The Morgan fingerprint density at radius 1 is 1.40 bits per heavy atom. The largest absolute Gasteiger partial charge is 0.478 e. The van der Waals surface area contributed by atoms with Crippen LogP contribution in [0, 0.1) is 6.92 Å². The first kappa shape index (κ1) is 14.1. The summed E-state index contributed by atoms with van der Waals surface area (Å²) >= 11 is 0. The van der Waals surface area contributed by atoms with Crippen LogP contribution in [0.2, 0.25) is 0 Å². The third-order valence-corrected chi connectivity index (χ3v) is 4.04. The van der Waals surface area contributed by atoms with Crippen LogP contribution >= 0.6 is 0 Å². The highest BCUT2D eigenvalue weighted by molar-refractivity contribution is 7.92. The van der Waals surface area contributed by atoms with Crippen molar-refractivity contribution in [2.75, 3.05) is 4.72 Å². The number of benzene rings is 1. The Morgan fingerprint density at radius 3 is 2.65 bits per heavy atom. The zero-order valence-corrected chi connectivity index (χ0v) is 11.7. The van der Waals surface area contributed by atoms with Gasteiger partial charge < -0.3 is 5.11 Å². The second-order valence-corrected chi connectivity index (χ2v) is 5.94. The molecule has 2 aromatic rings. The van der Waals surface area contributed by atoms with E-state index in [1.54, 1.807) is 26.1 Å². The summed E-state index contributed by atoms with van der Waals surface area (Å²) in [5.41, 5.74) is 0.435. The molecule has 0 unspecified atom stereocenters. The Kier molecular flexibility index (Phi) is 3.49. The van der Waals surface area contributed by atoms with Crippen molar-refractivity contribution in [3.63, 3.8) is 0 Å². The van der Waals surface area contributed by atoms with Crippen molar-refractivity contribution in [2.45, 2.75) is 11.8 Å². The van der Waals surface area contributed by atoms with Crippen molar-refractivity contribution in [1.29, 1.82) is 0 Å². The SMILES string of the molecule is Cc1cccc(NS(=O)(=O)c2cnn(C)c2)c1C(=O)O. The van der Waals surface area contributed by atoms with Crippen LogP contribution in [0.15, 0.2) is 35.5 Å². The number of carboxylic acid groups (broad SMARTS) is 1. The third-order valence-electron chi connectivity index (χ3n) is 2.72. The van der Waals surface area contributed by atoms with Gasteiger partial charge in [0, 0.05) is 13.2 Å². The number of hydrogen-bond donors (Lipinski definition) is 2. The van der Waals surface area contributed by atoms with Crippen LogP contribution in [0.1, 0.15) is 15.9 Å². The van der Waals surface area contributed by atoms with E-state index in [9.17, 15) is 13.2 Å². The lowest BCUT2D eigenvalue weighted by Crippen LogP contribution is -2.15. The zero-order chi connectivity index (χ0) is 14.9. The smallest absolute Gasteiger partial charge is 0.338 e. The van der Waals surface area contributed by atoms with E-state index in [4.69, 9.17) is 5.11 Å². The lowest BCUT2D eigenvalue weighted by atomic mass is 10.1. The number of nitrogens with zero attached hydrogens (tertiary/aromatic N) is 2. The standard InChI is InChI=1S/C12H13N3O4S/c1-8-4-3-5-10(11(8)12(16)17)14-20(18,19)9-6-13-15(2)7-9/h3-7,14H,1-2H3,(H,16,17). The van der Waals surface area contributed by atoms with Crippen LogP contribution in [-0.4, -0.2) is 29.3 Å². The van der Waals surface area contributed by atoms with Crippen molar-refractivity contribution in [3.8, 4) is 0 Å². The van der Waals surface area contributed by atoms with E-state index in [-0.39, 0.29) is 16.1 Å². The highest BCUT2D eigenvalue weighted by atomic mass is 32.2. The number of aromatic carboxylic acids is 1. The van der Waals surface area contributed by atoms with Crippen LogP contribution in [0.25, 0.3) is 0 Å². The second-order valence-electron chi connectivity index (χ2n) is 4.26. The molecule has 106 valence electrons. The molecule has 7 nitrogen and oxygen atoms in total. The van der Waals surface area contributed by atoms with E-state index in [1.807, 2.05) is 0 Å². The van der Waals surface area contributed by atoms with Gasteiger partial charge >= 0.3 is 5.97 Å². The molecule has 0 radical (unpaired) electrons. The maximum absolute atomic E-state index is 12.1. The molecule has 0 saturated carbocycles. The Morgan fingerprint density at radius 2 is 2.10 bits per heavy atom. The summed E-state index contributed by atoms with van der Waals surface area (Å²) in [7, 11) is -2.27. The number of hydrogen-bond acceptors (Lipinski definition) is 4. The molecule has 0 fully saturated rings. The van der Waals surface area contributed by atoms with Gasteiger partial charge in [-0.1, -0.05) is 12.1 Å². The Balaban J connectivity index is 2.45. The van der Waals surface area contributed by atoms with Gasteiger partial charge in [0.05, 0.1) is 17.4 Å². The first-order valence-corrected chi connectivity index (χ1v) is 7.14. The van der Waals surface area contributed by atoms with E-state index in [2.05, 4.69) is 9.82 Å². The molecule has 0 aliphatic carbocycles. The van der Waals surface area contributed by atoms with Gasteiger partial charge in [0.25, 0.3) is 10.0 Å². The summed E-state index contributed by atoms with van der Waals surface area (Å²) in [6, 6.07) is 4.60. The van der Waals surface area contributed by atoms with Crippen LogP contribution in [0.4, 0.5) is 5.69 Å². The normalized spacial score (nSPS) is 11.3. The topological polar surface area (TPSA) is 101 Å². The molecular formula is C12H13N3O4S. The molecule has 8 heteroatoms. The van der Waals surface area contributed by atoms with Gasteiger partial charge in [-0.25, -0.2) is 13.2 Å². The first-order chi connectivity index (χ1) is 9.31. The predicted octanol–water partition coefficient (Wildman–Crippen LogP) is 1.23. The number of carboxylic acids is 1. The van der Waals surface area contributed by atoms with Crippen molar-refractivity contribution < 1.29 is 18.3 Å². The Bertz CT molecular complexity index is 765. The van der Waals surface area contributed by atoms with Crippen molar-refractivity contribution in [2.24, 2.45) is 7.05 Å². The summed E-state index contributed by atoms with van der Waals surface area (Å²) < 4.78 is 27.9. The molecule has 1 heterocycles. The summed E-state index contributed by atoms with van der Waals surface area (Å²) in [6.07, 6.45) is 2.52. The second kappa shape index (κ2) is 4.97. The molecule has 0 bridgehead atoms. The van der Waals surface area contributed by atoms with Gasteiger partial charge in [0.15, 0.2) is 0 Å². The predicted molar refractivity (Wildman–Crippen MR) is 72.2 cm³/mol. The minimum atomic E-state index is -3.86. The number of rotatable bonds is 4. The lowest BCUT2D eigenvalue weighted by molar-refractivity contribution is 0.0697. The number of aryl methyl sites for hydroxylation is 2. The van der Waals surface area contributed by atoms with Crippen LogP contribution in [-0.2, 0) is 17.1 Å². The number of carbonyl (C=O) groups is 1. The van der Waals surface area contributed by atoms with Crippen molar-refractivity contribution in [3.05, 3.63) is 41.7 Å². The van der Waals surface area contributed by atoms with E-state index in [1.165, 1.54) is 23.1 Å². The van der Waals surface area contributed by atoms with Gasteiger partial charge in [-0.2, -0.15) is 5.10 Å². The molecule has 2 N–H and O–H groups in total. The van der Waals surface area contributed by atoms with Gasteiger partial charge in [-0.05, 0) is 18.6 Å². The van der Waals surface area contributed by atoms with Crippen molar-refractivity contribution in [1.82, 2.24) is 9.78 Å². The highest BCUT2D eigenvalue weighted by Gasteiger charge is 2.20. The first-order valence-electron chi connectivity index (χ1n) is 5.65. The average Bonchev–Trinajstić information content (AvgIpc) is 2.75. The lowest BCUT2D eigenvalue weighted by Gasteiger charge is -2.11. The fourth-order valence-electron chi connectivity index (χ4n) is 1.78. The maximum Gasteiger partial charge on any atom is 0.338 e. The fraction of sp³-hybridized carbons (Fsp3) is 0.167. The number of sulfonamides is 1. The van der Waals surface area contributed by atoms with E-state index in [0.717, 1.165) is 0 Å². The van der Waals surface area contributed by atoms with Gasteiger partial charge in [-0.15, -0.1) is 0 Å². The third kappa shape index (κ3) is 2.64. The Hall–Kier alpha value is -2.35. The van der Waals surface area contributed by atoms with Gasteiger partial charge in [0.1, 0.15) is 4.90 Å². The van der Waals surface area contributed by atoms with E-state index >= 15 is 0 Å². The summed E-state index contributed by atoms with van der Waals surface area (Å²) in [4.78, 5) is 11.2. The Labute approximate surface area is 115 Å². The highest BCUT2D eigenvalue weighted by Crippen LogP contribution is 2.22. The fourth-order valence-corrected chi connectivity index (χ4v) is 2.83. The quantitative estimate of drug-likeness (QED) is 0.883. The van der Waals surface area contributed by atoms with Gasteiger partial charge in [0.2, 0.25) is 0 Å². The average molecular weight is 295 g/mol. The summed E-state index contributed by atoms with van der Waals surface area (Å²) in [5, 5.41) is 12.9. The molecule has 0 atom stereocenters. The molecule has 0 saturated heterocycles. The zero-order valence-electron chi connectivity index (χ0n) is 10.9. The molecule has 0 spiro atoms. The van der Waals surface area contributed by atoms with Gasteiger partial charge in [-0.3, -0.25) is 9.40 Å². The van der Waals surface area contributed by atoms with Crippen molar-refractivity contribution >= 4 is 21.7 Å². The van der Waals surface area contributed by atoms with E-state index < -0.39 is 16.0 Å². The van der Waals surface area contributed by atoms with Crippen LogP contribution in [0.3, 0.4) is 0 Å². The minimum absolute atomic E-state index is 0.0290. The number of nitrogens with one attached hydrogen (secondary N) is 1. The molecular weight excluding hydrogens is 282 g/mol. The molecule has 20 heavy (non-hydrogen) atoms. The number of anilines is 1. The molecule has 0 aliphatic heterocycles. The summed E-state index contributed by atoms with van der Waals surface area (Å²) in [5.74, 6) is -1.19. The van der Waals surface area contributed by atoms with Crippen LogP contribution < -0.4 is 4.72 Å². The molecule has 1 aromatic carbocycles. The number of aromatic nitrogens is 2. The molecule has 0 aliphatic rings. The molecule has 2 rings (SSSR count). The maximum atomic E-state index is 12.1. The van der Waals surface area contributed by atoms with Crippen LogP contribution in [0.5, 0.6) is 0 Å². The summed E-state index contributed by atoms with van der Waals surface area (Å²) in [6.45, 7) is 1.60.